The summed E-state index contributed by atoms with van der Waals surface area (Å²) in [6, 6.07) is 20.0. The molecule has 3 aromatic carbocycles. The molecule has 4 aromatic rings. The van der Waals surface area contributed by atoms with Crippen LogP contribution in [0.4, 0.5) is 0 Å². The molecule has 4 nitrogen and oxygen atoms in total. The number of ketones is 1. The van der Waals surface area contributed by atoms with Gasteiger partial charge in [-0.05, 0) is 43.9 Å². The Bertz CT molecular complexity index is 1290. The monoisotopic (exact) mass is 575 g/mol. The largest absolute Gasteiger partial charge is 0.512 e. The molecule has 5 heteroatoms. The van der Waals surface area contributed by atoms with Gasteiger partial charge in [-0.3, -0.25) is 9.78 Å². The Morgan fingerprint density at radius 3 is 2.53 bits per heavy atom. The third-order valence-corrected chi connectivity index (χ3v) is 4.59. The number of aromatic nitrogens is 1. The predicted molar refractivity (Wildman–Crippen MR) is 115 cm³/mol. The normalized spacial score (nSPS) is 11.6. The molecule has 1 aromatic heterocycles. The van der Waals surface area contributed by atoms with Gasteiger partial charge in [0.25, 0.3) is 0 Å². The summed E-state index contributed by atoms with van der Waals surface area (Å²) in [6.07, 6.45) is 3.03. The molecule has 0 fully saturated rings. The van der Waals surface area contributed by atoms with Crippen molar-refractivity contribution in [3.05, 3.63) is 78.2 Å². The summed E-state index contributed by atoms with van der Waals surface area (Å²) in [5.74, 6) is 1.65. The first kappa shape index (κ1) is 21.7. The van der Waals surface area contributed by atoms with E-state index in [1.807, 2.05) is 24.4 Å². The summed E-state index contributed by atoms with van der Waals surface area (Å²) in [5, 5.41) is 12.8. The fourth-order valence-corrected chi connectivity index (χ4v) is 3.51. The zero-order chi connectivity index (χ0) is 20.5. The number of carbonyl (C=O) groups excluding carboxylic acids is 1. The van der Waals surface area contributed by atoms with Crippen LogP contribution in [0.25, 0.3) is 32.8 Å². The van der Waals surface area contributed by atoms with Crippen molar-refractivity contribution in [2.24, 2.45) is 0 Å². The van der Waals surface area contributed by atoms with Gasteiger partial charge in [0, 0.05) is 43.5 Å². The zero-order valence-corrected chi connectivity index (χ0v) is 19.2. The smallest absolute Gasteiger partial charge is 0.155 e. The predicted octanol–water partition coefficient (Wildman–Crippen LogP) is 6.30. The Hall–Kier alpha value is -3.01. The number of hydrogen-bond donors (Lipinski definition) is 1. The molecule has 0 spiro atoms. The quantitative estimate of drug-likeness (QED) is 0.145. The van der Waals surface area contributed by atoms with Crippen LogP contribution < -0.4 is 4.74 Å². The molecule has 1 aliphatic rings. The minimum atomic E-state index is -0.125. The maximum Gasteiger partial charge on any atom is 0.155 e. The Balaban J connectivity index is 0.000000281. The van der Waals surface area contributed by atoms with E-state index in [1.165, 1.54) is 25.5 Å². The molecule has 0 bridgehead atoms. The molecule has 0 atom stereocenters. The minimum Gasteiger partial charge on any atom is -0.512 e. The van der Waals surface area contributed by atoms with E-state index in [0.717, 1.165) is 44.3 Å². The van der Waals surface area contributed by atoms with Gasteiger partial charge >= 0.3 is 0 Å². The van der Waals surface area contributed by atoms with Crippen LogP contribution in [0.2, 0.25) is 0 Å². The van der Waals surface area contributed by atoms with Crippen LogP contribution in [0.1, 0.15) is 19.4 Å². The summed E-state index contributed by atoms with van der Waals surface area (Å²) < 4.78 is 6.17. The molecule has 0 amide bonds. The van der Waals surface area contributed by atoms with Crippen LogP contribution in [0.15, 0.2) is 66.6 Å². The van der Waals surface area contributed by atoms with Crippen LogP contribution in [0.3, 0.4) is 0 Å². The van der Waals surface area contributed by atoms with E-state index in [1.54, 1.807) is 0 Å². The van der Waals surface area contributed by atoms with Crippen LogP contribution >= 0.6 is 0 Å². The molecular formula is C25H20IrNO3-. The van der Waals surface area contributed by atoms with E-state index >= 15 is 0 Å². The molecule has 0 saturated carbocycles. The van der Waals surface area contributed by atoms with Crippen molar-refractivity contribution in [1.29, 1.82) is 0 Å². The number of ether oxygens (including phenoxy) is 1. The van der Waals surface area contributed by atoms with Crippen molar-refractivity contribution in [1.82, 2.24) is 4.98 Å². The van der Waals surface area contributed by atoms with E-state index in [9.17, 15) is 4.79 Å². The van der Waals surface area contributed by atoms with Gasteiger partial charge < -0.3 is 9.84 Å². The molecule has 153 valence electrons. The molecule has 2 heterocycles. The number of fused-ring (bicyclic) bond motifs is 3. The van der Waals surface area contributed by atoms with E-state index in [2.05, 4.69) is 48.3 Å². The summed E-state index contributed by atoms with van der Waals surface area (Å²) in [7, 11) is 0. The van der Waals surface area contributed by atoms with Gasteiger partial charge in [0.15, 0.2) is 5.78 Å². The molecule has 5 rings (SSSR count). The maximum atomic E-state index is 10.0. The van der Waals surface area contributed by atoms with E-state index in [0.29, 0.717) is 0 Å². The van der Waals surface area contributed by atoms with Gasteiger partial charge in [0.05, 0.1) is 11.5 Å². The van der Waals surface area contributed by atoms with Crippen LogP contribution in [-0.4, -0.2) is 15.9 Å². The van der Waals surface area contributed by atoms with Gasteiger partial charge in [-0.15, -0.1) is 17.5 Å². The Kier molecular flexibility index (Phi) is 6.35. The van der Waals surface area contributed by atoms with Crippen molar-refractivity contribution in [3.8, 4) is 22.8 Å². The van der Waals surface area contributed by atoms with Crippen molar-refractivity contribution < 1.29 is 34.7 Å². The number of aliphatic hydroxyl groups excluding tert-OH is 1. The molecule has 0 saturated heterocycles. The number of allylic oxidation sites excluding steroid dienone is 2. The fraction of sp³-hybridized carbons (Fsp3) is 0.120. The topological polar surface area (TPSA) is 59.4 Å². The van der Waals surface area contributed by atoms with Gasteiger partial charge in [-0.25, -0.2) is 0 Å². The molecule has 1 aliphatic heterocycles. The third kappa shape index (κ3) is 4.28. The third-order valence-electron chi connectivity index (χ3n) is 4.59. The molecule has 0 unspecified atom stereocenters. The first-order valence-corrected chi connectivity index (χ1v) is 9.33. The van der Waals surface area contributed by atoms with Gasteiger partial charge in [-0.2, -0.15) is 0 Å². The number of benzene rings is 3. The minimum absolute atomic E-state index is 0. The number of carbonyl (C=O) groups is 1. The molecule has 0 aliphatic carbocycles. The van der Waals surface area contributed by atoms with Crippen LogP contribution in [0.5, 0.6) is 11.5 Å². The second-order valence-electron chi connectivity index (χ2n) is 7.11. The first-order valence-electron chi connectivity index (χ1n) is 9.33. The van der Waals surface area contributed by atoms with Crippen molar-refractivity contribution in [2.75, 3.05) is 0 Å². The van der Waals surface area contributed by atoms with Crippen LogP contribution in [0, 0.1) is 13.0 Å². The standard InChI is InChI=1S/C20H12NO.C5H8O2.Ir/c1-12-8-15-6-7-21-20-16-10-13-4-2-3-5-14(13)11-17(16)22-18(9-12)19(15)20;1-4(6)3-5(2)7;/h2-9,11H,1H3;3,6H,1-2H3;/q-1;;/b;4-3-;. The second kappa shape index (κ2) is 8.78. The average Bonchev–Trinajstić information content (AvgIpc) is 2.66. The van der Waals surface area contributed by atoms with Crippen molar-refractivity contribution in [3.63, 3.8) is 0 Å². The Labute approximate surface area is 188 Å². The van der Waals surface area contributed by atoms with Gasteiger partial charge in [-0.1, -0.05) is 41.3 Å². The summed E-state index contributed by atoms with van der Waals surface area (Å²) in [5.41, 5.74) is 3.09. The number of aryl methyl sites for hydroxylation is 1. The number of rotatable bonds is 1. The molecule has 30 heavy (non-hydrogen) atoms. The van der Waals surface area contributed by atoms with Crippen LogP contribution in [-0.2, 0) is 24.9 Å². The second-order valence-corrected chi connectivity index (χ2v) is 7.11. The van der Waals surface area contributed by atoms with Crippen molar-refractivity contribution in [2.45, 2.75) is 20.8 Å². The first-order chi connectivity index (χ1) is 13.9. The Morgan fingerprint density at radius 2 is 1.83 bits per heavy atom. The van der Waals surface area contributed by atoms with Gasteiger partial charge in [0.1, 0.15) is 5.75 Å². The number of pyridine rings is 1. The summed E-state index contributed by atoms with van der Waals surface area (Å²) in [6.45, 7) is 4.93. The average molecular weight is 575 g/mol. The molecular weight excluding hydrogens is 554 g/mol. The fourth-order valence-electron chi connectivity index (χ4n) is 3.51. The number of hydrogen-bond acceptors (Lipinski definition) is 4. The number of nitrogens with zero attached hydrogens (tertiary/aromatic N) is 1. The van der Waals surface area contributed by atoms with Crippen molar-refractivity contribution >= 4 is 27.3 Å². The molecule has 1 N–H and O–H groups in total. The summed E-state index contributed by atoms with van der Waals surface area (Å²) in [4.78, 5) is 14.6. The zero-order valence-electron chi connectivity index (χ0n) is 16.8. The summed E-state index contributed by atoms with van der Waals surface area (Å²) >= 11 is 0. The van der Waals surface area contributed by atoms with Gasteiger partial charge in [0.2, 0.25) is 0 Å². The molecule has 1 radical (unpaired) electrons. The van der Waals surface area contributed by atoms with E-state index in [-0.39, 0.29) is 31.6 Å². The Morgan fingerprint density at radius 1 is 1.07 bits per heavy atom. The van der Waals surface area contributed by atoms with E-state index < -0.39 is 0 Å². The maximum absolute atomic E-state index is 10.0. The number of aliphatic hydroxyl groups is 1. The van der Waals surface area contributed by atoms with E-state index in [4.69, 9.17) is 9.84 Å². The SMILES string of the molecule is CC(=O)/C=C(/C)O.Cc1cc2c3c(nccc3c1)-c1[c-]c3ccccc3cc1O2.[Ir].